The lowest BCUT2D eigenvalue weighted by Gasteiger charge is -2.16. The van der Waals surface area contributed by atoms with E-state index in [1.54, 1.807) is 6.07 Å². The Hall–Kier alpha value is -0.280. The second-order valence-corrected chi connectivity index (χ2v) is 4.38. The van der Waals surface area contributed by atoms with Crippen LogP contribution in [0.4, 0.5) is 0 Å². The molecule has 0 amide bonds. The Morgan fingerprint density at radius 3 is 2.50 bits per heavy atom. The number of hydrogen-bond donors (Lipinski definition) is 2. The number of nitrogens with two attached hydrogens (primary N) is 1. The lowest BCUT2D eigenvalue weighted by atomic mass is 10.0. The van der Waals surface area contributed by atoms with E-state index in [0.717, 1.165) is 12.0 Å². The Bertz CT molecular complexity index is 342. The van der Waals surface area contributed by atoms with Crippen LogP contribution in [0.25, 0.3) is 0 Å². The lowest BCUT2D eigenvalue weighted by Crippen LogP contribution is -2.28. The summed E-state index contributed by atoms with van der Waals surface area (Å²) in [6.45, 7) is 0.690. The van der Waals surface area contributed by atoms with Gasteiger partial charge in [0.1, 0.15) is 1.41 Å². The van der Waals surface area contributed by atoms with E-state index >= 15 is 0 Å². The molecule has 2 atom stereocenters. The number of halogens is 2. The van der Waals surface area contributed by atoms with Crippen molar-refractivity contribution < 1.29 is 1.41 Å². The highest BCUT2D eigenvalue weighted by atomic mass is 35.5. The first-order chi connectivity index (χ1) is 7.08. The Morgan fingerprint density at radius 2 is 2.00 bits per heavy atom. The summed E-state index contributed by atoms with van der Waals surface area (Å²) in [5.41, 5.74) is 6.88. The van der Waals surface area contributed by atoms with E-state index in [9.17, 15) is 0 Å². The first-order valence-electron chi connectivity index (χ1n) is 5.00. The minimum atomic E-state index is -0.0961. The molecule has 0 saturated carbocycles. The maximum atomic E-state index is 7.77. The van der Waals surface area contributed by atoms with Crippen molar-refractivity contribution in [1.82, 2.24) is 5.31 Å². The van der Waals surface area contributed by atoms with Crippen LogP contribution >= 0.6 is 23.2 Å². The Morgan fingerprint density at radius 1 is 1.36 bits per heavy atom. The molecule has 1 fully saturated rings. The van der Waals surface area contributed by atoms with Crippen molar-refractivity contribution >= 4 is 23.2 Å². The molecule has 1 aromatic rings. The molecule has 1 heterocycles. The van der Waals surface area contributed by atoms with Crippen LogP contribution in [0.2, 0.25) is 11.5 Å². The zero-order valence-electron chi connectivity index (χ0n) is 8.58. The fraction of sp³-hybridized carbons (Fsp3) is 0.400. The molecule has 0 radical (unpaired) electrons. The first-order valence-corrected chi connectivity index (χ1v) is 5.30. The van der Waals surface area contributed by atoms with Gasteiger partial charge >= 0.3 is 0 Å². The Kier molecular flexibility index (Phi) is 2.61. The van der Waals surface area contributed by atoms with Gasteiger partial charge in [-0.1, -0.05) is 23.2 Å². The van der Waals surface area contributed by atoms with E-state index in [1.807, 2.05) is 12.1 Å². The second kappa shape index (κ2) is 4.07. The predicted octanol–water partition coefficient (Wildman–Crippen LogP) is 2.36. The Labute approximate surface area is 94.8 Å². The number of benzene rings is 1. The maximum absolute atomic E-state index is 7.77. The van der Waals surface area contributed by atoms with Gasteiger partial charge in [-0.25, -0.2) is 0 Å². The summed E-state index contributed by atoms with van der Waals surface area (Å²) < 4.78 is 7.77. The number of nitrogens with one attached hydrogen (secondary N) is 1. The van der Waals surface area contributed by atoms with Gasteiger partial charge in [-0.15, -0.1) is 0 Å². The lowest BCUT2D eigenvalue weighted by molar-refractivity contribution is 0.571. The standard InChI is InChI=1S/C10H12Cl2N2/c11-7-3-6(4-8(12)5-7)10-9(13)1-2-14-10/h3-5,9-10,14H,1-2,13H2/t9?,10-/m1/s1/i/hD. The van der Waals surface area contributed by atoms with Crippen molar-refractivity contribution in [3.63, 3.8) is 0 Å². The minimum absolute atomic E-state index is 0.0166. The molecule has 0 bridgehead atoms. The van der Waals surface area contributed by atoms with Crippen LogP contribution in [0.15, 0.2) is 18.2 Å². The highest BCUT2D eigenvalue weighted by Gasteiger charge is 2.25. The van der Waals surface area contributed by atoms with Gasteiger partial charge in [0.05, 0.1) is 0 Å². The van der Waals surface area contributed by atoms with Gasteiger partial charge in [-0.05, 0) is 36.7 Å². The monoisotopic (exact) mass is 231 g/mol. The molecule has 1 unspecified atom stereocenters. The van der Waals surface area contributed by atoms with E-state index < -0.39 is 0 Å². The van der Waals surface area contributed by atoms with Crippen molar-refractivity contribution in [3.05, 3.63) is 33.8 Å². The molecule has 14 heavy (non-hydrogen) atoms. The third-order valence-corrected chi connectivity index (χ3v) is 2.86. The quantitative estimate of drug-likeness (QED) is 0.779. The van der Waals surface area contributed by atoms with Crippen LogP contribution in [-0.2, 0) is 0 Å². The van der Waals surface area contributed by atoms with Gasteiger partial charge in [0.25, 0.3) is 0 Å². The van der Waals surface area contributed by atoms with Gasteiger partial charge in [0.2, 0.25) is 0 Å². The van der Waals surface area contributed by atoms with E-state index in [1.165, 1.54) is 5.31 Å². The molecule has 3 N–H and O–H groups in total. The molecule has 1 aromatic carbocycles. The van der Waals surface area contributed by atoms with E-state index in [4.69, 9.17) is 30.3 Å². The topological polar surface area (TPSA) is 38.0 Å². The van der Waals surface area contributed by atoms with Gasteiger partial charge in [0, 0.05) is 22.1 Å². The van der Waals surface area contributed by atoms with Gasteiger partial charge in [-0.2, -0.15) is 0 Å². The highest BCUT2D eigenvalue weighted by Crippen LogP contribution is 2.27. The van der Waals surface area contributed by atoms with Crippen molar-refractivity contribution in [2.75, 3.05) is 6.54 Å². The van der Waals surface area contributed by atoms with Crippen LogP contribution in [0, 0.1) is 0 Å². The fourth-order valence-electron chi connectivity index (χ4n) is 1.75. The zero-order valence-corrected chi connectivity index (χ0v) is 9.09. The van der Waals surface area contributed by atoms with Crippen LogP contribution in [0.1, 0.15) is 18.0 Å². The molecule has 1 aliphatic rings. The molecule has 1 saturated heterocycles. The predicted molar refractivity (Wildman–Crippen MR) is 59.8 cm³/mol. The molecule has 76 valence electrons. The van der Waals surface area contributed by atoms with Crippen LogP contribution in [-0.4, -0.2) is 12.6 Å². The molecule has 0 aromatic heterocycles. The molecular weight excluding hydrogens is 219 g/mol. The van der Waals surface area contributed by atoms with Crippen LogP contribution in [0.3, 0.4) is 0 Å². The van der Waals surface area contributed by atoms with Crippen molar-refractivity contribution in [2.24, 2.45) is 5.73 Å². The molecular formula is C10H12Cl2N2. The molecule has 0 aliphatic carbocycles. The SMILES string of the molecule is [2H]N1CCC(N)[C@H]1c1cc(Cl)cc(Cl)c1. The molecule has 1 aliphatic heterocycles. The zero-order chi connectivity index (χ0) is 11.0. The van der Waals surface area contributed by atoms with Crippen LogP contribution in [0.5, 0.6) is 0 Å². The summed E-state index contributed by atoms with van der Waals surface area (Å²) >= 11 is 11.8. The summed E-state index contributed by atoms with van der Waals surface area (Å²) in [4.78, 5) is 0. The second-order valence-electron chi connectivity index (χ2n) is 3.51. The number of hydrogen-bond acceptors (Lipinski definition) is 2. The Balaban J connectivity index is 2.35. The van der Waals surface area contributed by atoms with Crippen LogP contribution < -0.4 is 11.0 Å². The average Bonchev–Trinajstić information content (AvgIpc) is 2.44. The summed E-state index contributed by atoms with van der Waals surface area (Å²) in [6, 6.07) is 5.22. The van der Waals surface area contributed by atoms with Gasteiger partial charge in [0.15, 0.2) is 0 Å². The average molecular weight is 232 g/mol. The summed E-state index contributed by atoms with van der Waals surface area (Å²) in [5.74, 6) is 0. The third kappa shape index (κ3) is 2.04. The fourth-order valence-corrected chi connectivity index (χ4v) is 2.30. The maximum Gasteiger partial charge on any atom is 0.123 e. The van der Waals surface area contributed by atoms with Gasteiger partial charge in [-0.3, -0.25) is 0 Å². The smallest absolute Gasteiger partial charge is 0.123 e. The molecule has 0 spiro atoms. The van der Waals surface area contributed by atoms with Crippen molar-refractivity contribution in [3.8, 4) is 0 Å². The van der Waals surface area contributed by atoms with Crippen molar-refractivity contribution in [2.45, 2.75) is 18.5 Å². The summed E-state index contributed by atoms with van der Waals surface area (Å²) in [6.07, 6.45) is 0.832. The minimum Gasteiger partial charge on any atom is -0.326 e. The number of rotatable bonds is 1. The van der Waals surface area contributed by atoms with E-state index in [2.05, 4.69) is 0 Å². The summed E-state index contributed by atoms with van der Waals surface area (Å²) in [7, 11) is 0. The first kappa shape index (κ1) is 8.98. The third-order valence-electron chi connectivity index (χ3n) is 2.42. The largest absolute Gasteiger partial charge is 0.326 e. The molecule has 2 nitrogen and oxygen atoms in total. The summed E-state index contributed by atoms with van der Waals surface area (Å²) in [5, 5.41) is 2.67. The molecule has 4 heteroatoms. The normalized spacial score (nSPS) is 29.2. The van der Waals surface area contributed by atoms with Gasteiger partial charge < -0.3 is 11.0 Å². The molecule has 2 rings (SSSR count). The van der Waals surface area contributed by atoms with Crippen molar-refractivity contribution in [1.29, 1.82) is 0 Å². The highest BCUT2D eigenvalue weighted by molar-refractivity contribution is 6.34. The van der Waals surface area contributed by atoms with E-state index in [0.29, 0.717) is 16.6 Å². The van der Waals surface area contributed by atoms with E-state index in [-0.39, 0.29) is 12.1 Å².